The number of ether oxygens (including phenoxy) is 2. The molecule has 5 rings (SSSR count). The molecule has 2 aliphatic heterocycles. The average molecular weight is 360 g/mol. The molecule has 4 atom stereocenters. The van der Waals surface area contributed by atoms with Crippen LogP contribution in [0.2, 0.25) is 0 Å². The molecule has 4 nitrogen and oxygen atoms in total. The number of hydrogen-bond acceptors (Lipinski definition) is 4. The summed E-state index contributed by atoms with van der Waals surface area (Å²) >= 11 is 0. The molecule has 2 heterocycles. The van der Waals surface area contributed by atoms with E-state index < -0.39 is 0 Å². The molecule has 0 saturated heterocycles. The Morgan fingerprint density at radius 2 is 1.11 bits per heavy atom. The van der Waals surface area contributed by atoms with Gasteiger partial charge in [-0.05, 0) is 37.8 Å². The molecule has 0 bridgehead atoms. The predicted molar refractivity (Wildman–Crippen MR) is 106 cm³/mol. The lowest BCUT2D eigenvalue weighted by Gasteiger charge is -2.17. The summed E-state index contributed by atoms with van der Waals surface area (Å²) in [5.74, 6) is 1.62. The molecule has 0 amide bonds. The van der Waals surface area contributed by atoms with Gasteiger partial charge >= 0.3 is 0 Å². The third-order valence-electron chi connectivity index (χ3n) is 5.85. The van der Waals surface area contributed by atoms with E-state index in [4.69, 9.17) is 19.5 Å². The van der Waals surface area contributed by atoms with Gasteiger partial charge in [0.15, 0.2) is 11.8 Å². The third-order valence-corrected chi connectivity index (χ3v) is 5.85. The highest BCUT2D eigenvalue weighted by molar-refractivity contribution is 6.09. The van der Waals surface area contributed by atoms with Crippen LogP contribution in [-0.2, 0) is 9.47 Å². The van der Waals surface area contributed by atoms with Crippen molar-refractivity contribution in [2.75, 3.05) is 0 Å². The third kappa shape index (κ3) is 2.75. The fraction of sp³-hybridized carbons (Fsp3) is 0.391. The SMILES string of the molecule is C[C@H]1OC(C2(C3=N[C@@H](c4ccccc4)[C@@H](C)O3)CC2)=N[C@H]1c1ccccc1. The summed E-state index contributed by atoms with van der Waals surface area (Å²) in [4.78, 5) is 9.95. The minimum Gasteiger partial charge on any atom is -0.475 e. The average Bonchev–Trinajstić information content (AvgIpc) is 3.28. The smallest absolute Gasteiger partial charge is 0.200 e. The fourth-order valence-corrected chi connectivity index (χ4v) is 4.11. The lowest BCUT2D eigenvalue weighted by molar-refractivity contribution is 0.186. The maximum atomic E-state index is 6.23. The minimum atomic E-state index is -0.254. The van der Waals surface area contributed by atoms with Crippen LogP contribution in [0.3, 0.4) is 0 Å². The van der Waals surface area contributed by atoms with Gasteiger partial charge in [-0.3, -0.25) is 0 Å². The normalized spacial score (nSPS) is 30.9. The van der Waals surface area contributed by atoms with E-state index in [1.54, 1.807) is 0 Å². The van der Waals surface area contributed by atoms with Crippen LogP contribution in [0.15, 0.2) is 70.6 Å². The van der Waals surface area contributed by atoms with Gasteiger partial charge in [0, 0.05) is 0 Å². The molecular weight excluding hydrogens is 336 g/mol. The number of nitrogens with zero attached hydrogens (tertiary/aromatic N) is 2. The lowest BCUT2D eigenvalue weighted by atomic mass is 10.0. The highest BCUT2D eigenvalue weighted by Gasteiger charge is 2.59. The number of hydrogen-bond donors (Lipinski definition) is 0. The Morgan fingerprint density at radius 3 is 1.48 bits per heavy atom. The molecular formula is C23H24N2O2. The van der Waals surface area contributed by atoms with E-state index in [1.807, 2.05) is 12.1 Å². The Kier molecular flexibility index (Phi) is 3.81. The molecule has 1 fully saturated rings. The summed E-state index contributed by atoms with van der Waals surface area (Å²) in [7, 11) is 0. The first-order chi connectivity index (χ1) is 13.2. The minimum absolute atomic E-state index is 0.0317. The van der Waals surface area contributed by atoms with E-state index in [1.165, 1.54) is 11.1 Å². The quantitative estimate of drug-likeness (QED) is 0.779. The molecule has 0 spiro atoms. The fourth-order valence-electron chi connectivity index (χ4n) is 4.11. The number of benzene rings is 2. The van der Waals surface area contributed by atoms with Crippen molar-refractivity contribution < 1.29 is 9.47 Å². The standard InChI is InChI=1S/C23H24N2O2/c1-15-19(17-9-5-3-6-10-17)24-21(26-15)23(13-14-23)22-25-20(16(2)27-22)18-11-7-4-8-12-18/h3-12,15-16,19-20H,13-14H2,1-2H3/t15-,16-,19-,20-/m1/s1. The summed E-state index contributed by atoms with van der Waals surface area (Å²) in [5, 5.41) is 0. The van der Waals surface area contributed by atoms with E-state index >= 15 is 0 Å². The largest absolute Gasteiger partial charge is 0.475 e. The van der Waals surface area contributed by atoms with Gasteiger partial charge in [-0.15, -0.1) is 0 Å². The highest BCUT2D eigenvalue weighted by atomic mass is 16.5. The van der Waals surface area contributed by atoms with Gasteiger partial charge in [0.1, 0.15) is 29.7 Å². The van der Waals surface area contributed by atoms with E-state index in [9.17, 15) is 0 Å². The predicted octanol–water partition coefficient (Wildman–Crippen LogP) is 4.88. The zero-order valence-electron chi connectivity index (χ0n) is 15.7. The summed E-state index contributed by atoms with van der Waals surface area (Å²) in [6, 6.07) is 20.8. The van der Waals surface area contributed by atoms with Crippen molar-refractivity contribution in [1.29, 1.82) is 0 Å². The van der Waals surface area contributed by atoms with Crippen molar-refractivity contribution in [2.24, 2.45) is 15.4 Å². The van der Waals surface area contributed by atoms with Crippen molar-refractivity contribution in [2.45, 2.75) is 51.0 Å². The molecule has 2 aromatic carbocycles. The first-order valence-electron chi connectivity index (χ1n) is 9.77. The molecule has 2 aromatic rings. The first kappa shape index (κ1) is 16.5. The van der Waals surface area contributed by atoms with Crippen LogP contribution < -0.4 is 0 Å². The molecule has 1 saturated carbocycles. The van der Waals surface area contributed by atoms with E-state index in [0.29, 0.717) is 0 Å². The van der Waals surface area contributed by atoms with Crippen LogP contribution in [0.1, 0.15) is 49.9 Å². The second kappa shape index (κ2) is 6.22. The Balaban J connectivity index is 1.44. The van der Waals surface area contributed by atoms with Gasteiger partial charge in [0.05, 0.1) is 0 Å². The van der Waals surface area contributed by atoms with E-state index in [-0.39, 0.29) is 29.7 Å². The number of rotatable bonds is 4. The molecule has 0 aromatic heterocycles. The molecule has 27 heavy (non-hydrogen) atoms. The van der Waals surface area contributed by atoms with Gasteiger partial charge in [-0.2, -0.15) is 0 Å². The maximum absolute atomic E-state index is 6.23. The van der Waals surface area contributed by atoms with Crippen molar-refractivity contribution in [3.63, 3.8) is 0 Å². The summed E-state index contributed by atoms with van der Waals surface area (Å²) in [6.45, 7) is 4.19. The van der Waals surface area contributed by atoms with E-state index in [2.05, 4.69) is 62.4 Å². The molecule has 3 aliphatic rings. The zero-order chi connectivity index (χ0) is 18.4. The van der Waals surface area contributed by atoms with Crippen molar-refractivity contribution in [3.8, 4) is 0 Å². The maximum Gasteiger partial charge on any atom is 0.200 e. The second-order valence-corrected chi connectivity index (χ2v) is 7.81. The van der Waals surface area contributed by atoms with Crippen LogP contribution >= 0.6 is 0 Å². The van der Waals surface area contributed by atoms with Gasteiger partial charge in [-0.1, -0.05) is 60.7 Å². The summed E-state index contributed by atoms with van der Waals surface area (Å²) in [5.41, 5.74) is 2.14. The van der Waals surface area contributed by atoms with Crippen LogP contribution in [0, 0.1) is 5.41 Å². The van der Waals surface area contributed by atoms with Crippen LogP contribution in [-0.4, -0.2) is 24.0 Å². The summed E-state index contributed by atoms with van der Waals surface area (Å²) in [6.07, 6.45) is 2.05. The molecule has 0 unspecified atom stereocenters. The first-order valence-corrected chi connectivity index (χ1v) is 9.77. The highest BCUT2D eigenvalue weighted by Crippen LogP contribution is 2.54. The molecule has 4 heteroatoms. The monoisotopic (exact) mass is 360 g/mol. The Bertz CT molecular complexity index is 816. The van der Waals surface area contributed by atoms with Gasteiger partial charge in [-0.25, -0.2) is 9.98 Å². The van der Waals surface area contributed by atoms with Gasteiger partial charge in [0.25, 0.3) is 0 Å². The Morgan fingerprint density at radius 1 is 0.704 bits per heavy atom. The van der Waals surface area contributed by atoms with Crippen molar-refractivity contribution in [3.05, 3.63) is 71.8 Å². The zero-order valence-corrected chi connectivity index (χ0v) is 15.7. The molecule has 0 radical (unpaired) electrons. The second-order valence-electron chi connectivity index (χ2n) is 7.81. The molecule has 1 aliphatic carbocycles. The summed E-state index contributed by atoms with van der Waals surface area (Å²) < 4.78 is 12.5. The van der Waals surface area contributed by atoms with Gasteiger partial charge in [0.2, 0.25) is 0 Å². The van der Waals surface area contributed by atoms with Crippen molar-refractivity contribution >= 4 is 11.8 Å². The Labute approximate surface area is 160 Å². The van der Waals surface area contributed by atoms with E-state index in [0.717, 1.165) is 24.6 Å². The Hall–Kier alpha value is -2.62. The van der Waals surface area contributed by atoms with Gasteiger partial charge < -0.3 is 9.47 Å². The van der Waals surface area contributed by atoms with Crippen LogP contribution in [0.25, 0.3) is 0 Å². The lowest BCUT2D eigenvalue weighted by Crippen LogP contribution is -2.28. The van der Waals surface area contributed by atoms with Crippen molar-refractivity contribution in [1.82, 2.24) is 0 Å². The van der Waals surface area contributed by atoms with Crippen LogP contribution in [0.4, 0.5) is 0 Å². The van der Waals surface area contributed by atoms with Crippen LogP contribution in [0.5, 0.6) is 0 Å². The topological polar surface area (TPSA) is 43.2 Å². The number of aliphatic imine (C=N–C) groups is 2. The molecule has 0 N–H and O–H groups in total. The molecule has 138 valence electrons.